The van der Waals surface area contributed by atoms with Crippen molar-refractivity contribution in [2.24, 2.45) is 5.41 Å². The van der Waals surface area contributed by atoms with Crippen molar-refractivity contribution in [3.8, 4) is 5.75 Å². The molecule has 5 heterocycles. The predicted molar refractivity (Wildman–Crippen MR) is 127 cm³/mol. The van der Waals surface area contributed by atoms with Gasteiger partial charge in [-0.05, 0) is 37.3 Å². The topological polar surface area (TPSA) is 77.5 Å². The van der Waals surface area contributed by atoms with Crippen molar-refractivity contribution in [3.63, 3.8) is 0 Å². The van der Waals surface area contributed by atoms with E-state index in [0.717, 1.165) is 34.8 Å². The predicted octanol–water partition coefficient (Wildman–Crippen LogP) is 2.56. The Morgan fingerprint density at radius 1 is 1.26 bits per heavy atom. The molecular weight excluding hydrogens is 456 g/mol. The quantitative estimate of drug-likeness (QED) is 0.471. The molecule has 5 aliphatic rings. The molecule has 0 aromatic heterocycles. The standard InChI is InChI=1S/C25H30N2O6S/c1-6-22-11-12-27-18(34)9-10-23-16-8-7-15(30-4)13-17(16)26(3)19(23)24(21(29)31-5,33-25(22,23)27)20(22)32-14(2)28/h7-8,13,19-20H,6,9-12H2,1-5H3/t19-,20+,22+,23+,24+,25+/m1/s1. The average molecular weight is 487 g/mol. The van der Waals surface area contributed by atoms with Crippen LogP contribution in [0.2, 0.25) is 0 Å². The van der Waals surface area contributed by atoms with Crippen LogP contribution in [0.15, 0.2) is 18.2 Å². The lowest BCUT2D eigenvalue weighted by Gasteiger charge is -2.60. The molecule has 5 aliphatic heterocycles. The largest absolute Gasteiger partial charge is 0.497 e. The summed E-state index contributed by atoms with van der Waals surface area (Å²) in [6.45, 7) is 4.19. The molecule has 4 fully saturated rings. The lowest BCUT2D eigenvalue weighted by atomic mass is 9.48. The van der Waals surface area contributed by atoms with Gasteiger partial charge in [-0.15, -0.1) is 0 Å². The van der Waals surface area contributed by atoms with Crippen molar-refractivity contribution in [2.75, 3.05) is 32.7 Å². The normalized spacial score (nSPS) is 40.7. The van der Waals surface area contributed by atoms with E-state index in [4.69, 9.17) is 31.2 Å². The minimum Gasteiger partial charge on any atom is -0.497 e. The maximum absolute atomic E-state index is 13.9. The molecule has 6 atom stereocenters. The fraction of sp³-hybridized carbons (Fsp3) is 0.640. The van der Waals surface area contributed by atoms with E-state index in [1.165, 1.54) is 14.0 Å². The molecule has 0 unspecified atom stereocenters. The highest BCUT2D eigenvalue weighted by Gasteiger charge is 2.95. The zero-order valence-corrected chi connectivity index (χ0v) is 21.0. The molecule has 182 valence electrons. The van der Waals surface area contributed by atoms with Crippen molar-refractivity contribution in [1.82, 2.24) is 4.90 Å². The minimum absolute atomic E-state index is 0.428. The molecule has 0 N–H and O–H groups in total. The molecule has 2 spiro atoms. The van der Waals surface area contributed by atoms with E-state index in [1.807, 2.05) is 19.2 Å². The molecule has 0 saturated carbocycles. The highest BCUT2D eigenvalue weighted by molar-refractivity contribution is 7.80. The zero-order chi connectivity index (χ0) is 24.3. The van der Waals surface area contributed by atoms with Crippen LogP contribution in [0.4, 0.5) is 5.69 Å². The van der Waals surface area contributed by atoms with Gasteiger partial charge in [-0.25, -0.2) is 4.79 Å². The van der Waals surface area contributed by atoms with Crippen molar-refractivity contribution < 1.29 is 28.5 Å². The number of likely N-dealkylation sites (N-methyl/N-ethyl adjacent to an activating group) is 1. The summed E-state index contributed by atoms with van der Waals surface area (Å²) in [5.41, 5.74) is -1.46. The summed E-state index contributed by atoms with van der Waals surface area (Å²) in [6, 6.07) is 5.67. The van der Waals surface area contributed by atoms with Crippen LogP contribution in [0.5, 0.6) is 5.75 Å². The van der Waals surface area contributed by atoms with E-state index >= 15 is 0 Å². The summed E-state index contributed by atoms with van der Waals surface area (Å²) in [7, 11) is 5.00. The molecule has 6 rings (SSSR count). The number of nitrogens with zero attached hydrogens (tertiary/aromatic N) is 2. The summed E-state index contributed by atoms with van der Waals surface area (Å²) in [5, 5.41) is 0. The molecule has 1 aromatic carbocycles. The molecule has 4 saturated heterocycles. The Bertz CT molecular complexity index is 1140. The first kappa shape index (κ1) is 22.1. The number of ether oxygens (including phenoxy) is 4. The summed E-state index contributed by atoms with van der Waals surface area (Å²) in [4.78, 5) is 31.5. The molecule has 9 heteroatoms. The third-order valence-corrected chi connectivity index (χ3v) is 9.85. The van der Waals surface area contributed by atoms with Gasteiger partial charge in [0.2, 0.25) is 5.60 Å². The highest BCUT2D eigenvalue weighted by atomic mass is 32.1. The fourth-order valence-electron chi connectivity index (χ4n) is 8.57. The van der Waals surface area contributed by atoms with Crippen molar-refractivity contribution >= 4 is 34.8 Å². The van der Waals surface area contributed by atoms with Crippen LogP contribution in [0.1, 0.15) is 45.1 Å². The van der Waals surface area contributed by atoms with E-state index in [9.17, 15) is 9.59 Å². The number of hydrogen-bond acceptors (Lipinski definition) is 8. The van der Waals surface area contributed by atoms with Gasteiger partial charge in [0.1, 0.15) is 5.75 Å². The number of esters is 2. The van der Waals surface area contributed by atoms with Gasteiger partial charge in [-0.3, -0.25) is 4.79 Å². The Morgan fingerprint density at radius 3 is 2.68 bits per heavy atom. The van der Waals surface area contributed by atoms with Gasteiger partial charge in [-0.2, -0.15) is 0 Å². The smallest absolute Gasteiger partial charge is 0.344 e. The van der Waals surface area contributed by atoms with Gasteiger partial charge in [-0.1, -0.05) is 25.2 Å². The van der Waals surface area contributed by atoms with Gasteiger partial charge < -0.3 is 28.7 Å². The second-order valence-corrected chi connectivity index (χ2v) is 10.7. The molecule has 0 amide bonds. The van der Waals surface area contributed by atoms with Crippen LogP contribution in [0.25, 0.3) is 0 Å². The molecule has 2 bridgehead atoms. The SMILES string of the molecule is CC[C@@]12CCN3C(=S)CC[C@]45c6ccc(OC)cc6N(C)[C@H]4[C@](C(=O)OC)(O[C@@]315)[C@H]2OC(C)=O. The van der Waals surface area contributed by atoms with Crippen molar-refractivity contribution in [2.45, 2.75) is 68.4 Å². The Kier molecular flexibility index (Phi) is 4.31. The summed E-state index contributed by atoms with van der Waals surface area (Å²) in [5.74, 6) is -0.199. The monoisotopic (exact) mass is 486 g/mol. The highest BCUT2D eigenvalue weighted by Crippen LogP contribution is 2.80. The number of piperidine rings is 1. The van der Waals surface area contributed by atoms with E-state index < -0.39 is 46.2 Å². The van der Waals surface area contributed by atoms with Gasteiger partial charge in [0.25, 0.3) is 0 Å². The molecule has 0 radical (unpaired) electrons. The number of benzene rings is 1. The maximum atomic E-state index is 13.9. The average Bonchev–Trinajstić information content (AvgIpc) is 3.47. The lowest BCUT2D eigenvalue weighted by Crippen LogP contribution is -2.77. The van der Waals surface area contributed by atoms with Gasteiger partial charge in [0.05, 0.1) is 36.1 Å². The maximum Gasteiger partial charge on any atom is 0.344 e. The Balaban J connectivity index is 1.73. The second kappa shape index (κ2) is 6.63. The number of thiocarbonyl (C=S) groups is 1. The molecule has 1 aromatic rings. The van der Waals surface area contributed by atoms with Crippen LogP contribution >= 0.6 is 12.2 Å². The first-order chi connectivity index (χ1) is 16.2. The number of fused-ring (bicyclic) bond motifs is 3. The number of hydrogen-bond donors (Lipinski definition) is 0. The van der Waals surface area contributed by atoms with E-state index in [0.29, 0.717) is 19.4 Å². The summed E-state index contributed by atoms with van der Waals surface area (Å²) < 4.78 is 24.2. The molecule has 0 aliphatic carbocycles. The number of carbonyl (C=O) groups is 2. The molecule has 8 nitrogen and oxygen atoms in total. The minimum atomic E-state index is -1.49. The van der Waals surface area contributed by atoms with Crippen LogP contribution in [-0.4, -0.2) is 73.1 Å². The number of carbonyl (C=O) groups excluding carboxylic acids is 2. The van der Waals surface area contributed by atoms with E-state index in [1.54, 1.807) is 7.11 Å². The number of anilines is 1. The molecular formula is C25H30N2O6S. The Morgan fingerprint density at radius 2 is 2.03 bits per heavy atom. The molecule has 34 heavy (non-hydrogen) atoms. The first-order valence-corrected chi connectivity index (χ1v) is 12.3. The van der Waals surface area contributed by atoms with E-state index in [2.05, 4.69) is 22.8 Å². The van der Waals surface area contributed by atoms with Crippen LogP contribution in [-0.2, 0) is 29.2 Å². The first-order valence-electron chi connectivity index (χ1n) is 11.9. The Labute approximate surface area is 204 Å². The second-order valence-electron chi connectivity index (χ2n) is 10.2. The Hall–Kier alpha value is -2.39. The summed E-state index contributed by atoms with van der Waals surface area (Å²) >= 11 is 5.90. The number of rotatable bonds is 4. The van der Waals surface area contributed by atoms with Crippen molar-refractivity contribution in [1.29, 1.82) is 0 Å². The summed E-state index contributed by atoms with van der Waals surface area (Å²) in [6.07, 6.45) is 2.06. The third-order valence-electron chi connectivity index (χ3n) is 9.43. The van der Waals surface area contributed by atoms with Crippen LogP contribution < -0.4 is 9.64 Å². The lowest BCUT2D eigenvalue weighted by molar-refractivity contribution is -0.188. The van der Waals surface area contributed by atoms with Gasteiger partial charge >= 0.3 is 11.9 Å². The van der Waals surface area contributed by atoms with Crippen LogP contribution in [0, 0.1) is 5.41 Å². The van der Waals surface area contributed by atoms with Gasteiger partial charge in [0.15, 0.2) is 11.8 Å². The fourth-order valence-corrected chi connectivity index (χ4v) is 8.89. The van der Waals surface area contributed by atoms with Gasteiger partial charge in [0, 0.05) is 32.3 Å². The van der Waals surface area contributed by atoms with Crippen LogP contribution in [0.3, 0.4) is 0 Å². The van der Waals surface area contributed by atoms with E-state index in [-0.39, 0.29) is 0 Å². The zero-order valence-electron chi connectivity index (χ0n) is 20.2. The third kappa shape index (κ3) is 1.95. The number of methoxy groups -OCH3 is 2. The van der Waals surface area contributed by atoms with Crippen molar-refractivity contribution in [3.05, 3.63) is 23.8 Å².